The summed E-state index contributed by atoms with van der Waals surface area (Å²) in [6.07, 6.45) is -2.76. The lowest BCUT2D eigenvalue weighted by Gasteiger charge is -2.19. The molecule has 0 saturated carbocycles. The largest absolute Gasteiger partial charge is 0.411 e. The van der Waals surface area contributed by atoms with Crippen molar-refractivity contribution in [1.82, 2.24) is 5.32 Å². The van der Waals surface area contributed by atoms with Crippen LogP contribution in [0.3, 0.4) is 0 Å². The first-order valence-electron chi connectivity index (χ1n) is 5.43. The minimum atomic E-state index is -4.25. The molecule has 0 rings (SSSR count). The number of rotatable bonds is 8. The summed E-state index contributed by atoms with van der Waals surface area (Å²) in [6, 6.07) is -0.0835. The molecule has 0 aromatic carbocycles. The zero-order chi connectivity index (χ0) is 12.6. The molecule has 1 atom stereocenters. The number of halogens is 3. The van der Waals surface area contributed by atoms with Gasteiger partial charge in [-0.05, 0) is 19.4 Å². The van der Waals surface area contributed by atoms with Crippen molar-refractivity contribution in [3.8, 4) is 0 Å². The topological polar surface area (TPSA) is 21.3 Å². The van der Waals surface area contributed by atoms with E-state index >= 15 is 0 Å². The fraction of sp³-hybridized carbons (Fsp3) is 0.818. The molecule has 1 N–H and O–H groups in total. The molecule has 0 aliphatic rings. The minimum Gasteiger partial charge on any atom is -0.370 e. The number of nitrogens with one attached hydrogen (secondary N) is 1. The predicted molar refractivity (Wildman–Crippen MR) is 58.4 cm³/mol. The number of likely N-dealkylation sites (N-methyl/N-ethyl adjacent to an activating group) is 1. The summed E-state index contributed by atoms with van der Waals surface area (Å²) >= 11 is 0. The molecule has 0 aliphatic carbocycles. The van der Waals surface area contributed by atoms with Crippen molar-refractivity contribution in [1.29, 1.82) is 0 Å². The van der Waals surface area contributed by atoms with Crippen LogP contribution in [-0.4, -0.2) is 32.0 Å². The molecule has 5 heteroatoms. The molecule has 0 fully saturated rings. The fourth-order valence-corrected chi connectivity index (χ4v) is 1.29. The van der Waals surface area contributed by atoms with Gasteiger partial charge in [0, 0.05) is 6.04 Å². The lowest BCUT2D eigenvalue weighted by Crippen LogP contribution is -2.35. The van der Waals surface area contributed by atoms with Gasteiger partial charge in [0.2, 0.25) is 0 Å². The van der Waals surface area contributed by atoms with Crippen molar-refractivity contribution in [2.24, 2.45) is 0 Å². The van der Waals surface area contributed by atoms with Gasteiger partial charge >= 0.3 is 6.18 Å². The van der Waals surface area contributed by atoms with E-state index in [1.807, 2.05) is 13.8 Å². The summed E-state index contributed by atoms with van der Waals surface area (Å²) in [7, 11) is 0. The highest BCUT2D eigenvalue weighted by Crippen LogP contribution is 2.15. The first-order valence-corrected chi connectivity index (χ1v) is 5.43. The van der Waals surface area contributed by atoms with Crippen LogP contribution in [0.15, 0.2) is 12.2 Å². The molecular formula is C11H20F3NO. The molecule has 0 radical (unpaired) electrons. The number of ether oxygens (including phenoxy) is 1. The van der Waals surface area contributed by atoms with Crippen molar-refractivity contribution in [3.63, 3.8) is 0 Å². The Morgan fingerprint density at radius 1 is 1.38 bits per heavy atom. The van der Waals surface area contributed by atoms with E-state index < -0.39 is 12.8 Å². The van der Waals surface area contributed by atoms with Gasteiger partial charge in [-0.1, -0.05) is 26.0 Å². The fourth-order valence-electron chi connectivity index (χ4n) is 1.29. The Balaban J connectivity index is 3.89. The van der Waals surface area contributed by atoms with Gasteiger partial charge in [-0.3, -0.25) is 0 Å². The van der Waals surface area contributed by atoms with Crippen LogP contribution in [0.4, 0.5) is 13.2 Å². The number of hydrogen-bond acceptors (Lipinski definition) is 2. The van der Waals surface area contributed by atoms with Gasteiger partial charge in [-0.15, -0.1) is 0 Å². The smallest absolute Gasteiger partial charge is 0.370 e. The maximum absolute atomic E-state index is 11.9. The Morgan fingerprint density at radius 3 is 2.44 bits per heavy atom. The monoisotopic (exact) mass is 239 g/mol. The number of hydrogen-bond donors (Lipinski definition) is 1. The molecule has 0 saturated heterocycles. The number of alkyl halides is 3. The Morgan fingerprint density at radius 2 is 2.00 bits per heavy atom. The minimum absolute atomic E-state index is 0.0619. The lowest BCUT2D eigenvalue weighted by molar-refractivity contribution is -0.175. The van der Waals surface area contributed by atoms with E-state index in [0.717, 1.165) is 12.0 Å². The van der Waals surface area contributed by atoms with Crippen molar-refractivity contribution in [3.05, 3.63) is 12.2 Å². The quantitative estimate of drug-likeness (QED) is 0.658. The molecule has 0 aliphatic heterocycles. The SMILES string of the molecule is C=C(CC)CC(COCC(F)(F)F)NCC. The summed E-state index contributed by atoms with van der Waals surface area (Å²) in [6.45, 7) is 7.30. The molecule has 0 amide bonds. The van der Waals surface area contributed by atoms with E-state index in [0.29, 0.717) is 13.0 Å². The van der Waals surface area contributed by atoms with E-state index in [9.17, 15) is 13.2 Å². The van der Waals surface area contributed by atoms with Crippen molar-refractivity contribution in [2.45, 2.75) is 38.9 Å². The van der Waals surface area contributed by atoms with E-state index in [1.54, 1.807) is 0 Å². The Hall–Kier alpha value is -0.550. The van der Waals surface area contributed by atoms with E-state index in [4.69, 9.17) is 0 Å². The van der Waals surface area contributed by atoms with Crippen LogP contribution in [0.2, 0.25) is 0 Å². The third kappa shape index (κ3) is 8.73. The standard InChI is InChI=1S/C11H20F3NO/c1-4-9(3)6-10(15-5-2)7-16-8-11(12,13)14/h10,15H,3-8H2,1-2H3. The van der Waals surface area contributed by atoms with Gasteiger partial charge in [-0.2, -0.15) is 13.2 Å². The Bertz CT molecular complexity index is 204. The molecule has 0 bridgehead atoms. The molecule has 96 valence electrons. The first kappa shape index (κ1) is 15.4. The van der Waals surface area contributed by atoms with Crippen molar-refractivity contribution >= 4 is 0 Å². The third-order valence-electron chi connectivity index (χ3n) is 2.11. The molecule has 16 heavy (non-hydrogen) atoms. The van der Waals surface area contributed by atoms with Gasteiger partial charge in [0.25, 0.3) is 0 Å². The second-order valence-corrected chi connectivity index (χ2v) is 3.69. The van der Waals surface area contributed by atoms with E-state index in [1.165, 1.54) is 0 Å². The van der Waals surface area contributed by atoms with Gasteiger partial charge in [-0.25, -0.2) is 0 Å². The van der Waals surface area contributed by atoms with Crippen LogP contribution in [0.5, 0.6) is 0 Å². The highest BCUT2D eigenvalue weighted by Gasteiger charge is 2.27. The summed E-state index contributed by atoms with van der Waals surface area (Å²) in [5.41, 5.74) is 1.02. The Kier molecular flexibility index (Phi) is 7.42. The van der Waals surface area contributed by atoms with Gasteiger partial charge in [0.05, 0.1) is 6.61 Å². The van der Waals surface area contributed by atoms with Crippen LogP contribution in [0.1, 0.15) is 26.7 Å². The van der Waals surface area contributed by atoms with Gasteiger partial charge in [0.1, 0.15) is 6.61 Å². The average Bonchev–Trinajstić information content (AvgIpc) is 2.15. The highest BCUT2D eigenvalue weighted by atomic mass is 19.4. The molecular weight excluding hydrogens is 219 g/mol. The van der Waals surface area contributed by atoms with Gasteiger partial charge < -0.3 is 10.1 Å². The molecule has 0 aromatic heterocycles. The summed E-state index contributed by atoms with van der Waals surface area (Å²) in [4.78, 5) is 0. The van der Waals surface area contributed by atoms with E-state index in [-0.39, 0.29) is 12.6 Å². The van der Waals surface area contributed by atoms with Crippen LogP contribution in [-0.2, 0) is 4.74 Å². The molecule has 1 unspecified atom stereocenters. The third-order valence-corrected chi connectivity index (χ3v) is 2.11. The van der Waals surface area contributed by atoms with Crippen molar-refractivity contribution < 1.29 is 17.9 Å². The van der Waals surface area contributed by atoms with Crippen LogP contribution >= 0.6 is 0 Å². The maximum atomic E-state index is 11.9. The second kappa shape index (κ2) is 7.68. The zero-order valence-corrected chi connectivity index (χ0v) is 9.86. The summed E-state index contributed by atoms with van der Waals surface area (Å²) in [5, 5.41) is 3.08. The molecule has 0 heterocycles. The normalized spacial score (nSPS) is 13.8. The van der Waals surface area contributed by atoms with E-state index in [2.05, 4.69) is 16.6 Å². The summed E-state index contributed by atoms with van der Waals surface area (Å²) < 4.78 is 40.2. The first-order chi connectivity index (χ1) is 7.39. The van der Waals surface area contributed by atoms with Crippen molar-refractivity contribution in [2.75, 3.05) is 19.8 Å². The molecule has 0 aromatic rings. The van der Waals surface area contributed by atoms with Gasteiger partial charge in [0.15, 0.2) is 0 Å². The average molecular weight is 239 g/mol. The molecule has 0 spiro atoms. The molecule has 2 nitrogen and oxygen atoms in total. The van der Waals surface area contributed by atoms with Crippen LogP contribution in [0.25, 0.3) is 0 Å². The van der Waals surface area contributed by atoms with Crippen LogP contribution < -0.4 is 5.32 Å². The highest BCUT2D eigenvalue weighted by molar-refractivity contribution is 4.96. The Labute approximate surface area is 94.9 Å². The van der Waals surface area contributed by atoms with Crippen LogP contribution in [0, 0.1) is 0 Å². The predicted octanol–water partition coefficient (Wildman–Crippen LogP) is 2.90. The second-order valence-electron chi connectivity index (χ2n) is 3.69. The summed E-state index contributed by atoms with van der Waals surface area (Å²) in [5.74, 6) is 0. The maximum Gasteiger partial charge on any atom is 0.411 e. The lowest BCUT2D eigenvalue weighted by atomic mass is 10.1. The zero-order valence-electron chi connectivity index (χ0n) is 9.86.